The van der Waals surface area contributed by atoms with Gasteiger partial charge >= 0.3 is 5.97 Å². The van der Waals surface area contributed by atoms with Gasteiger partial charge in [0.1, 0.15) is 11.3 Å². The predicted molar refractivity (Wildman–Crippen MR) is 184 cm³/mol. The summed E-state index contributed by atoms with van der Waals surface area (Å²) in [4.78, 5) is 38.5. The number of carboxylic acid groups (broad SMARTS) is 1. The molecule has 0 radical (unpaired) electrons. The van der Waals surface area contributed by atoms with Gasteiger partial charge < -0.3 is 25.4 Å². The quantitative estimate of drug-likeness (QED) is 0.155. The number of nitrogens with zero attached hydrogens (tertiary/aromatic N) is 1. The molecule has 0 saturated heterocycles. The number of aryl methyl sites for hydroxylation is 2. The number of rotatable bonds is 7. The molecule has 0 spiro atoms. The number of carbonyl (C=O) groups is 3. The van der Waals surface area contributed by atoms with E-state index in [9.17, 15) is 19.5 Å². The fraction of sp³-hybridized carbons (Fsp3) is 0.359. The smallest absolute Gasteiger partial charge is 0.328 e. The van der Waals surface area contributed by atoms with E-state index in [4.69, 9.17) is 5.11 Å². The van der Waals surface area contributed by atoms with Crippen LogP contribution >= 0.6 is 0 Å². The van der Waals surface area contributed by atoms with E-state index in [2.05, 4.69) is 27.3 Å². The summed E-state index contributed by atoms with van der Waals surface area (Å²) in [6.07, 6.45) is 13.2. The second kappa shape index (κ2) is 12.7. The molecule has 4 aromatic rings. The molecule has 0 atom stereocenters. The molecule has 3 aliphatic rings. The molecule has 2 heterocycles. The minimum atomic E-state index is -1.02. The number of phenolic OH excluding ortho intramolecular Hbond substituents is 1. The molecule has 4 N–H and O–H groups in total. The first-order chi connectivity index (χ1) is 22.8. The van der Waals surface area contributed by atoms with Crippen molar-refractivity contribution in [2.24, 2.45) is 0 Å². The van der Waals surface area contributed by atoms with E-state index in [0.29, 0.717) is 41.3 Å². The first-order valence-corrected chi connectivity index (χ1v) is 16.9. The Bertz CT molecular complexity index is 1870. The fourth-order valence-electron chi connectivity index (χ4n) is 8.06. The third kappa shape index (κ3) is 6.04. The minimum absolute atomic E-state index is 0.241. The number of aliphatic carboxylic acids is 1. The fourth-order valence-corrected chi connectivity index (χ4v) is 8.06. The number of aromatic hydroxyl groups is 1. The van der Waals surface area contributed by atoms with E-state index in [-0.39, 0.29) is 11.8 Å². The molecule has 1 aromatic heterocycles. The van der Waals surface area contributed by atoms with Crippen molar-refractivity contribution < 1.29 is 24.6 Å². The highest BCUT2D eigenvalue weighted by Gasteiger charge is 2.43. The number of anilines is 1. The van der Waals surface area contributed by atoms with Crippen LogP contribution in [0.25, 0.3) is 28.2 Å². The Morgan fingerprint density at radius 1 is 0.872 bits per heavy atom. The maximum atomic E-state index is 14.0. The van der Waals surface area contributed by atoms with Gasteiger partial charge in [0.2, 0.25) is 5.91 Å². The van der Waals surface area contributed by atoms with Crippen molar-refractivity contribution in [2.75, 3.05) is 5.32 Å². The van der Waals surface area contributed by atoms with Gasteiger partial charge in [-0.05, 0) is 110 Å². The Hall–Kier alpha value is -4.85. The van der Waals surface area contributed by atoms with Crippen molar-refractivity contribution in [3.05, 3.63) is 89.0 Å². The van der Waals surface area contributed by atoms with Crippen molar-refractivity contribution in [2.45, 2.75) is 88.6 Å². The number of phenols is 1. The van der Waals surface area contributed by atoms with E-state index in [0.717, 1.165) is 56.7 Å². The van der Waals surface area contributed by atoms with Gasteiger partial charge in [-0.1, -0.05) is 50.3 Å². The molecular formula is C39H41N3O5. The summed E-state index contributed by atoms with van der Waals surface area (Å²) in [5.74, 6) is -0.777. The number of carbonyl (C=O) groups excluding carboxylic acids is 2. The van der Waals surface area contributed by atoms with Gasteiger partial charge in [-0.25, -0.2) is 4.79 Å². The van der Waals surface area contributed by atoms with Crippen molar-refractivity contribution in [3.8, 4) is 17.0 Å². The zero-order chi connectivity index (χ0) is 32.5. The molecular weight excluding hydrogens is 590 g/mol. The zero-order valence-electron chi connectivity index (χ0n) is 26.6. The number of benzene rings is 3. The normalized spacial score (nSPS) is 17.6. The number of carboxylic acids is 1. The molecule has 0 unspecified atom stereocenters. The van der Waals surface area contributed by atoms with Gasteiger partial charge in [0.25, 0.3) is 5.91 Å². The van der Waals surface area contributed by atoms with Crippen LogP contribution < -0.4 is 10.6 Å². The summed E-state index contributed by atoms with van der Waals surface area (Å²) in [7, 11) is 0. The van der Waals surface area contributed by atoms with Crippen molar-refractivity contribution in [1.29, 1.82) is 0 Å². The second-order valence-electron chi connectivity index (χ2n) is 13.4. The summed E-state index contributed by atoms with van der Waals surface area (Å²) in [5, 5.41) is 26.5. The molecule has 242 valence electrons. The van der Waals surface area contributed by atoms with Crippen LogP contribution in [0.2, 0.25) is 0 Å². The molecule has 2 fully saturated rings. The standard InChI is InChI=1S/C39H41N3O5/c43-30-16-18-31-27(23-30)9-6-22-42-33-24-28(13-17-32(33)35(36(31)42)26-7-2-1-3-8-26)37(46)41-39(20-4-5-21-39)38(47)40-29-14-10-25(11-15-29)12-19-34(44)45/h10-19,23-24,26,43H,1-9,20-22H2,(H,40,47)(H,41,46)(H,44,45)/b19-12+. The van der Waals surface area contributed by atoms with E-state index < -0.39 is 11.5 Å². The number of hydrogen-bond acceptors (Lipinski definition) is 4. The molecule has 3 aromatic carbocycles. The maximum absolute atomic E-state index is 14.0. The van der Waals surface area contributed by atoms with E-state index >= 15 is 0 Å². The van der Waals surface area contributed by atoms with Crippen LogP contribution in [-0.2, 0) is 22.6 Å². The van der Waals surface area contributed by atoms with Crippen LogP contribution in [-0.4, -0.2) is 38.1 Å². The van der Waals surface area contributed by atoms with Crippen molar-refractivity contribution in [1.82, 2.24) is 9.88 Å². The Labute approximate surface area is 274 Å². The lowest BCUT2D eigenvalue weighted by Gasteiger charge is -2.29. The van der Waals surface area contributed by atoms with Crippen molar-refractivity contribution >= 4 is 40.4 Å². The lowest BCUT2D eigenvalue weighted by Crippen LogP contribution is -2.55. The Kier molecular flexibility index (Phi) is 8.35. The largest absolute Gasteiger partial charge is 0.508 e. The Morgan fingerprint density at radius 3 is 2.38 bits per heavy atom. The van der Waals surface area contributed by atoms with Crippen LogP contribution in [0.4, 0.5) is 5.69 Å². The van der Waals surface area contributed by atoms with Gasteiger partial charge in [-0.3, -0.25) is 9.59 Å². The van der Waals surface area contributed by atoms with Crippen LogP contribution in [0.5, 0.6) is 5.75 Å². The number of hydrogen-bond donors (Lipinski definition) is 4. The zero-order valence-corrected chi connectivity index (χ0v) is 26.6. The summed E-state index contributed by atoms with van der Waals surface area (Å²) in [6.45, 7) is 0.830. The third-order valence-corrected chi connectivity index (χ3v) is 10.4. The lowest BCUT2D eigenvalue weighted by atomic mass is 9.81. The van der Waals surface area contributed by atoms with Crippen LogP contribution in [0.3, 0.4) is 0 Å². The molecule has 2 aliphatic carbocycles. The Balaban J connectivity index is 1.20. The first-order valence-electron chi connectivity index (χ1n) is 16.9. The molecule has 2 amide bonds. The molecule has 0 bridgehead atoms. The average Bonchev–Trinajstić information content (AvgIpc) is 3.63. The first kappa shape index (κ1) is 30.8. The minimum Gasteiger partial charge on any atom is -0.508 e. The van der Waals surface area contributed by atoms with Crippen LogP contribution in [0.15, 0.2) is 66.7 Å². The summed E-state index contributed by atoms with van der Waals surface area (Å²) < 4.78 is 2.40. The number of fused-ring (bicyclic) bond motifs is 5. The van der Waals surface area contributed by atoms with Crippen LogP contribution in [0, 0.1) is 0 Å². The van der Waals surface area contributed by atoms with E-state index in [1.54, 1.807) is 30.3 Å². The van der Waals surface area contributed by atoms with Gasteiger partial charge in [0.15, 0.2) is 0 Å². The highest BCUT2D eigenvalue weighted by Crippen LogP contribution is 2.46. The van der Waals surface area contributed by atoms with Crippen LogP contribution in [0.1, 0.15) is 97.2 Å². The number of aromatic nitrogens is 1. The van der Waals surface area contributed by atoms with E-state index in [1.165, 1.54) is 53.1 Å². The highest BCUT2D eigenvalue weighted by atomic mass is 16.4. The number of nitrogens with one attached hydrogen (secondary N) is 2. The highest BCUT2D eigenvalue weighted by molar-refractivity contribution is 6.06. The van der Waals surface area contributed by atoms with Gasteiger partial charge in [-0.15, -0.1) is 0 Å². The van der Waals surface area contributed by atoms with Crippen molar-refractivity contribution in [3.63, 3.8) is 0 Å². The maximum Gasteiger partial charge on any atom is 0.328 e. The monoisotopic (exact) mass is 631 g/mol. The predicted octanol–water partition coefficient (Wildman–Crippen LogP) is 7.79. The van der Waals surface area contributed by atoms with Gasteiger partial charge in [0.05, 0.1) is 5.69 Å². The third-order valence-electron chi connectivity index (χ3n) is 10.4. The topological polar surface area (TPSA) is 121 Å². The summed E-state index contributed by atoms with van der Waals surface area (Å²) >= 11 is 0. The molecule has 2 saturated carbocycles. The molecule has 8 nitrogen and oxygen atoms in total. The summed E-state index contributed by atoms with van der Waals surface area (Å²) in [6, 6.07) is 18.7. The number of amides is 2. The summed E-state index contributed by atoms with van der Waals surface area (Å²) in [5.41, 5.74) is 6.82. The average molecular weight is 632 g/mol. The Morgan fingerprint density at radius 2 is 1.64 bits per heavy atom. The molecule has 47 heavy (non-hydrogen) atoms. The van der Waals surface area contributed by atoms with E-state index in [1.807, 2.05) is 18.2 Å². The second-order valence-corrected chi connectivity index (χ2v) is 13.4. The van der Waals surface area contributed by atoms with Gasteiger partial charge in [0, 0.05) is 40.3 Å². The molecule has 8 heteroatoms. The lowest BCUT2D eigenvalue weighted by molar-refractivity contribution is -0.131. The molecule has 1 aliphatic heterocycles. The molecule has 7 rings (SSSR count). The van der Waals surface area contributed by atoms with Gasteiger partial charge in [-0.2, -0.15) is 0 Å². The SMILES string of the molecule is O=C(O)/C=C/c1ccc(NC(=O)C2(NC(=O)c3ccc4c(C5CCCCC5)c5n(c4c3)CCCc3cc(O)ccc3-5)CCCC2)cc1.